The molecule has 0 unspecified atom stereocenters. The maximum atomic E-state index is 12.6. The van der Waals surface area contributed by atoms with Crippen molar-refractivity contribution < 1.29 is 4.79 Å². The number of nitrogens with zero attached hydrogens (tertiary/aromatic N) is 4. The Balaban J connectivity index is 2.18. The first-order valence-corrected chi connectivity index (χ1v) is 8.07. The summed E-state index contributed by atoms with van der Waals surface area (Å²) in [6.07, 6.45) is 3.37. The highest BCUT2D eigenvalue weighted by molar-refractivity contribution is 5.92. The van der Waals surface area contributed by atoms with E-state index in [1.54, 1.807) is 30.5 Å². The smallest absolute Gasteiger partial charge is 0.272 e. The van der Waals surface area contributed by atoms with E-state index >= 15 is 0 Å². The van der Waals surface area contributed by atoms with Crippen molar-refractivity contribution in [2.45, 2.75) is 26.7 Å². The molecule has 0 aliphatic rings. The summed E-state index contributed by atoms with van der Waals surface area (Å²) in [4.78, 5) is 22.9. The number of hydrogen-bond donors (Lipinski definition) is 1. The predicted molar refractivity (Wildman–Crippen MR) is 93.0 cm³/mol. The van der Waals surface area contributed by atoms with Gasteiger partial charge in [0.1, 0.15) is 5.69 Å². The Morgan fingerprint density at radius 3 is 2.67 bits per heavy atom. The molecule has 1 amide bonds. The molecule has 0 bridgehead atoms. The number of amides is 1. The largest absolute Gasteiger partial charge is 0.337 e. The lowest BCUT2D eigenvalue weighted by atomic mass is 10.2. The minimum atomic E-state index is -0.0880. The van der Waals surface area contributed by atoms with Crippen LogP contribution < -0.4 is 5.32 Å². The number of carbonyl (C=O) groups excluding carboxylic acids is 1. The lowest BCUT2D eigenvalue weighted by molar-refractivity contribution is 0.0749. The number of benzene rings is 1. The van der Waals surface area contributed by atoms with Gasteiger partial charge in [-0.05, 0) is 37.1 Å². The number of anilines is 2. The molecular weight excluding hydrogens is 302 g/mol. The van der Waals surface area contributed by atoms with E-state index in [0.717, 1.165) is 12.8 Å². The van der Waals surface area contributed by atoms with Crippen LogP contribution in [0.1, 0.15) is 42.7 Å². The van der Waals surface area contributed by atoms with Crippen LogP contribution in [0.25, 0.3) is 0 Å². The molecule has 0 aliphatic heterocycles. The number of carbonyl (C=O) groups is 1. The molecule has 6 heteroatoms. The molecule has 24 heavy (non-hydrogen) atoms. The SMILES string of the molecule is CCCN(CCC)C(=O)c1ccnc(Nc2cccc(C#N)c2)n1. The van der Waals surface area contributed by atoms with E-state index in [1.807, 2.05) is 24.8 Å². The summed E-state index contributed by atoms with van der Waals surface area (Å²) in [5.74, 6) is 0.249. The Labute approximate surface area is 142 Å². The highest BCUT2D eigenvalue weighted by atomic mass is 16.2. The summed E-state index contributed by atoms with van der Waals surface area (Å²) < 4.78 is 0. The fourth-order valence-corrected chi connectivity index (χ4v) is 2.35. The highest BCUT2D eigenvalue weighted by Crippen LogP contribution is 2.15. The van der Waals surface area contributed by atoms with Crippen molar-refractivity contribution in [1.29, 1.82) is 5.26 Å². The van der Waals surface area contributed by atoms with Gasteiger partial charge in [-0.1, -0.05) is 19.9 Å². The lowest BCUT2D eigenvalue weighted by Gasteiger charge is -2.21. The first-order chi connectivity index (χ1) is 11.7. The molecule has 0 spiro atoms. The first kappa shape index (κ1) is 17.4. The van der Waals surface area contributed by atoms with Crippen molar-refractivity contribution >= 4 is 17.5 Å². The van der Waals surface area contributed by atoms with Gasteiger partial charge in [-0.25, -0.2) is 9.97 Å². The van der Waals surface area contributed by atoms with Gasteiger partial charge in [-0.15, -0.1) is 0 Å². The number of rotatable bonds is 7. The third kappa shape index (κ3) is 4.53. The summed E-state index contributed by atoms with van der Waals surface area (Å²) in [7, 11) is 0. The van der Waals surface area contributed by atoms with Crippen LogP contribution in [0.2, 0.25) is 0 Å². The molecule has 6 nitrogen and oxygen atoms in total. The van der Waals surface area contributed by atoms with Crippen LogP contribution in [0.3, 0.4) is 0 Å². The monoisotopic (exact) mass is 323 g/mol. The van der Waals surface area contributed by atoms with Crippen molar-refractivity contribution in [3.8, 4) is 6.07 Å². The van der Waals surface area contributed by atoms with E-state index in [9.17, 15) is 4.79 Å². The lowest BCUT2D eigenvalue weighted by Crippen LogP contribution is -2.33. The van der Waals surface area contributed by atoms with Gasteiger partial charge in [0, 0.05) is 25.0 Å². The van der Waals surface area contributed by atoms with Crippen LogP contribution in [0.5, 0.6) is 0 Å². The van der Waals surface area contributed by atoms with E-state index in [4.69, 9.17) is 5.26 Å². The van der Waals surface area contributed by atoms with E-state index < -0.39 is 0 Å². The minimum Gasteiger partial charge on any atom is -0.337 e. The van der Waals surface area contributed by atoms with Gasteiger partial charge in [0.05, 0.1) is 11.6 Å². The quantitative estimate of drug-likeness (QED) is 0.845. The third-order valence-electron chi connectivity index (χ3n) is 3.40. The zero-order chi connectivity index (χ0) is 17.4. The Morgan fingerprint density at radius 2 is 2.00 bits per heavy atom. The molecule has 124 valence electrons. The van der Waals surface area contributed by atoms with Crippen LogP contribution in [0.4, 0.5) is 11.6 Å². The van der Waals surface area contributed by atoms with Crippen molar-refractivity contribution in [3.05, 3.63) is 47.8 Å². The molecular formula is C18H21N5O. The Kier molecular flexibility index (Phi) is 6.26. The zero-order valence-electron chi connectivity index (χ0n) is 14.0. The number of nitrogens with one attached hydrogen (secondary N) is 1. The molecule has 0 saturated heterocycles. The van der Waals surface area contributed by atoms with Gasteiger partial charge in [-0.2, -0.15) is 5.26 Å². The molecule has 1 heterocycles. The second kappa shape index (κ2) is 8.63. The predicted octanol–water partition coefficient (Wildman–Crippen LogP) is 3.35. The van der Waals surface area contributed by atoms with Crippen molar-refractivity contribution in [2.75, 3.05) is 18.4 Å². The minimum absolute atomic E-state index is 0.0880. The second-order valence-corrected chi connectivity index (χ2v) is 5.38. The molecule has 0 aliphatic carbocycles. The summed E-state index contributed by atoms with van der Waals surface area (Å²) >= 11 is 0. The summed E-state index contributed by atoms with van der Waals surface area (Å²) in [5, 5.41) is 12.0. The average molecular weight is 323 g/mol. The van der Waals surface area contributed by atoms with Crippen LogP contribution in [0, 0.1) is 11.3 Å². The van der Waals surface area contributed by atoms with Crippen LogP contribution in [0.15, 0.2) is 36.5 Å². The maximum absolute atomic E-state index is 12.6. The van der Waals surface area contributed by atoms with Crippen LogP contribution in [-0.4, -0.2) is 33.9 Å². The Morgan fingerprint density at radius 1 is 1.25 bits per heavy atom. The maximum Gasteiger partial charge on any atom is 0.272 e. The summed E-state index contributed by atoms with van der Waals surface area (Å²) in [5.41, 5.74) is 1.62. The van der Waals surface area contributed by atoms with Gasteiger partial charge in [0.2, 0.25) is 5.95 Å². The summed E-state index contributed by atoms with van der Waals surface area (Å²) in [6, 6.07) is 10.7. The molecule has 2 aromatic rings. The van der Waals surface area contributed by atoms with Crippen molar-refractivity contribution in [2.24, 2.45) is 0 Å². The van der Waals surface area contributed by atoms with Crippen molar-refractivity contribution in [3.63, 3.8) is 0 Å². The van der Waals surface area contributed by atoms with Gasteiger partial charge in [-0.3, -0.25) is 4.79 Å². The molecule has 0 saturated carbocycles. The summed E-state index contributed by atoms with van der Waals surface area (Å²) in [6.45, 7) is 5.52. The molecule has 1 aromatic carbocycles. The van der Waals surface area contributed by atoms with E-state index in [-0.39, 0.29) is 5.91 Å². The molecule has 0 radical (unpaired) electrons. The van der Waals surface area contributed by atoms with E-state index in [1.165, 1.54) is 0 Å². The zero-order valence-corrected chi connectivity index (χ0v) is 14.0. The topological polar surface area (TPSA) is 81.9 Å². The fourth-order valence-electron chi connectivity index (χ4n) is 2.35. The average Bonchev–Trinajstić information content (AvgIpc) is 2.61. The Hall–Kier alpha value is -2.94. The number of aromatic nitrogens is 2. The fraction of sp³-hybridized carbons (Fsp3) is 0.333. The number of hydrogen-bond acceptors (Lipinski definition) is 5. The third-order valence-corrected chi connectivity index (χ3v) is 3.40. The van der Waals surface area contributed by atoms with Crippen molar-refractivity contribution in [1.82, 2.24) is 14.9 Å². The van der Waals surface area contributed by atoms with Gasteiger partial charge in [0.25, 0.3) is 5.91 Å². The standard InChI is InChI=1S/C18H21N5O/c1-3-10-23(11-4-2)17(24)16-8-9-20-18(22-16)21-15-7-5-6-14(12-15)13-19/h5-9,12H,3-4,10-11H2,1-2H3,(H,20,21,22). The molecule has 2 rings (SSSR count). The van der Waals surface area contributed by atoms with E-state index in [0.29, 0.717) is 36.0 Å². The van der Waals surface area contributed by atoms with Crippen LogP contribution >= 0.6 is 0 Å². The van der Waals surface area contributed by atoms with Gasteiger partial charge < -0.3 is 10.2 Å². The molecule has 0 atom stereocenters. The second-order valence-electron chi connectivity index (χ2n) is 5.38. The molecule has 1 aromatic heterocycles. The van der Waals surface area contributed by atoms with Gasteiger partial charge >= 0.3 is 0 Å². The first-order valence-electron chi connectivity index (χ1n) is 8.07. The van der Waals surface area contributed by atoms with E-state index in [2.05, 4.69) is 21.4 Å². The van der Waals surface area contributed by atoms with Gasteiger partial charge in [0.15, 0.2) is 0 Å². The van der Waals surface area contributed by atoms with Crippen LogP contribution in [-0.2, 0) is 0 Å². The Bertz CT molecular complexity index is 732. The highest BCUT2D eigenvalue weighted by Gasteiger charge is 2.16. The molecule has 0 fully saturated rings. The molecule has 1 N–H and O–H groups in total. The normalized spacial score (nSPS) is 10.0. The number of nitriles is 1.